The summed E-state index contributed by atoms with van der Waals surface area (Å²) in [5, 5.41) is 41.1. The molecule has 3 aliphatic carbocycles. The molecule has 2 saturated carbocycles. The monoisotopic (exact) mass is 969 g/mol. The van der Waals surface area contributed by atoms with Crippen molar-refractivity contribution in [3.05, 3.63) is 82.9 Å². The Morgan fingerprint density at radius 1 is 0.897 bits per heavy atom. The number of nitrogens with one attached hydrogen (secondary N) is 1. The predicted octanol–water partition coefficient (Wildman–Crippen LogP) is 4.83. The molecule has 1 saturated heterocycles. The van der Waals surface area contributed by atoms with Crippen LogP contribution in [0, 0.1) is 16.7 Å². The minimum Gasteiger partial charge on any atom is -0.456 e. The van der Waals surface area contributed by atoms with Crippen molar-refractivity contribution in [2.45, 2.75) is 148 Å². The molecule has 1 aliphatic heterocycles. The number of fused-ring (bicyclic) bond motifs is 5. The number of benzene rings is 2. The van der Waals surface area contributed by atoms with Gasteiger partial charge in [0, 0.05) is 45.0 Å². The molecule has 4 aliphatic rings. The van der Waals surface area contributed by atoms with Crippen LogP contribution in [0.25, 0.3) is 0 Å². The third-order valence-electron chi connectivity index (χ3n) is 13.8. The van der Waals surface area contributed by atoms with Crippen LogP contribution in [0.15, 0.2) is 71.8 Å². The molecule has 6 rings (SSSR count). The number of Topliss-reactive ketones (excluding diaryl/α,β-unsaturated/α-hetero) is 1. The number of hydrogen-bond donors (Lipinski definition) is 4. The van der Waals surface area contributed by atoms with E-state index < -0.39 is 121 Å². The number of esters is 3. The van der Waals surface area contributed by atoms with Gasteiger partial charge in [-0.15, -0.1) is 0 Å². The molecule has 68 heavy (non-hydrogen) atoms. The van der Waals surface area contributed by atoms with Crippen LogP contribution < -0.4 is 5.32 Å². The molecular formula is C49H67NO17Si. The van der Waals surface area contributed by atoms with Crippen molar-refractivity contribution in [2.75, 3.05) is 26.4 Å². The summed E-state index contributed by atoms with van der Waals surface area (Å²) in [6.45, 7) is 17.1. The second kappa shape index (κ2) is 20.0. The fraction of sp³-hybridized carbons (Fsp3) is 0.612. The number of carbonyl (C=O) groups is 5. The van der Waals surface area contributed by atoms with Gasteiger partial charge in [-0.05, 0) is 84.2 Å². The number of amides is 1. The largest absolute Gasteiger partial charge is 0.680 e. The fourth-order valence-electron chi connectivity index (χ4n) is 10.6. The topological polar surface area (TPSA) is 241 Å². The van der Waals surface area contributed by atoms with E-state index in [9.17, 15) is 29.7 Å². The Morgan fingerprint density at radius 3 is 1.99 bits per heavy atom. The number of ketones is 1. The summed E-state index contributed by atoms with van der Waals surface area (Å²) in [7, 11) is -4.29. The van der Waals surface area contributed by atoms with Crippen LogP contribution in [0.2, 0.25) is 0 Å². The van der Waals surface area contributed by atoms with Crippen LogP contribution in [0.4, 0.5) is 4.79 Å². The number of carbonyl (C=O) groups excluding carboxylic acids is 5. The highest BCUT2D eigenvalue weighted by Gasteiger charge is 2.78. The van der Waals surface area contributed by atoms with E-state index in [1.807, 2.05) is 0 Å². The van der Waals surface area contributed by atoms with Gasteiger partial charge in [-0.25, -0.2) is 14.4 Å². The molecule has 0 aromatic heterocycles. The van der Waals surface area contributed by atoms with Crippen molar-refractivity contribution < 1.29 is 80.7 Å². The first kappa shape index (κ1) is 52.8. The van der Waals surface area contributed by atoms with E-state index in [1.165, 1.54) is 26.0 Å². The number of hydrogen-bond acceptors (Lipinski definition) is 17. The molecule has 1 amide bonds. The molecule has 2 bridgehead atoms. The maximum atomic E-state index is 15.3. The van der Waals surface area contributed by atoms with Crippen LogP contribution in [0.3, 0.4) is 0 Å². The second-order valence-corrected chi connectivity index (χ2v) is 21.6. The summed E-state index contributed by atoms with van der Waals surface area (Å²) in [4.78, 5) is 71.7. The lowest BCUT2D eigenvalue weighted by molar-refractivity contribution is -0.346. The second-order valence-electron chi connectivity index (χ2n) is 19.5. The minimum absolute atomic E-state index is 0.0317. The highest BCUT2D eigenvalue weighted by Crippen LogP contribution is 2.64. The number of alkyl carbamates (subject to hydrolysis) is 1. The van der Waals surface area contributed by atoms with Crippen molar-refractivity contribution in [1.29, 1.82) is 0 Å². The van der Waals surface area contributed by atoms with Crippen LogP contribution in [-0.2, 0) is 55.8 Å². The first-order chi connectivity index (χ1) is 31.9. The quantitative estimate of drug-likeness (QED) is 0.0762. The molecule has 18 nitrogen and oxygen atoms in total. The van der Waals surface area contributed by atoms with Gasteiger partial charge >= 0.3 is 33.0 Å². The zero-order chi connectivity index (χ0) is 50.2. The standard InChI is InChI=1S/C49H67NO17Si/c1-12-60-68(61-13-2,62-14-3)67-38(36(30-21-17-15-18-22-30)50-44(57)66-45(6,7)8)43(56)63-32-26-49(58)41(64-42(55)31-23-19-16-20-24-31)39-47(11,40(54)37(53)35(28(32)4)46(49,9)10)33(52)25-34-48(39,27-59-34)65-29(5)51/h15-24,32-34,36-39,41,52-53,58H,12-14,25-27H2,1-11H3,(H,50,57)/t32-,33-,34+,36-,37+,38+,39-,41-,47+,48-,49+/m0/s1. The lowest BCUT2D eigenvalue weighted by Gasteiger charge is -2.67. The average molecular weight is 970 g/mol. The highest BCUT2D eigenvalue weighted by molar-refractivity contribution is 6.53. The van der Waals surface area contributed by atoms with Crippen molar-refractivity contribution in [2.24, 2.45) is 16.7 Å². The summed E-state index contributed by atoms with van der Waals surface area (Å²) in [5.74, 6) is -5.30. The molecule has 1 heterocycles. The Bertz CT molecular complexity index is 2200. The van der Waals surface area contributed by atoms with Gasteiger partial charge in [0.05, 0.1) is 35.6 Å². The van der Waals surface area contributed by atoms with E-state index in [0.717, 1.165) is 6.92 Å². The first-order valence-electron chi connectivity index (χ1n) is 23.1. The molecule has 0 unspecified atom stereocenters. The zero-order valence-corrected chi connectivity index (χ0v) is 41.7. The smallest absolute Gasteiger partial charge is 0.456 e. The number of aliphatic hydroxyl groups is 3. The predicted molar refractivity (Wildman–Crippen MR) is 243 cm³/mol. The molecule has 19 heteroatoms. The van der Waals surface area contributed by atoms with E-state index in [1.54, 1.807) is 104 Å². The van der Waals surface area contributed by atoms with Gasteiger partial charge < -0.3 is 62.0 Å². The van der Waals surface area contributed by atoms with E-state index in [-0.39, 0.29) is 49.6 Å². The lowest BCUT2D eigenvalue weighted by Crippen LogP contribution is -2.81. The van der Waals surface area contributed by atoms with Crippen LogP contribution >= 0.6 is 0 Å². The van der Waals surface area contributed by atoms with Gasteiger partial charge in [0.1, 0.15) is 35.6 Å². The molecule has 374 valence electrons. The molecule has 2 aromatic rings. The molecule has 3 fully saturated rings. The summed E-state index contributed by atoms with van der Waals surface area (Å²) in [6, 6.07) is 14.9. The van der Waals surface area contributed by atoms with Gasteiger partial charge in [0.25, 0.3) is 0 Å². The minimum atomic E-state index is -4.29. The third-order valence-corrected chi connectivity index (χ3v) is 16.2. The number of ether oxygens (including phenoxy) is 5. The summed E-state index contributed by atoms with van der Waals surface area (Å²) in [5.41, 5.74) is -8.32. The highest BCUT2D eigenvalue weighted by atomic mass is 28.4. The SMILES string of the molecule is CCO[Si](OCC)(OCC)O[C@@H](C(=O)O[C@H]1C[C@@]2(O)[C@@H](OC(=O)c3ccccc3)[C@@H]3[C@]4(OC(C)=O)CO[C@@H]4C[C@H](O)[C@@]3(C)C(=O)[C@H](O)C(=C1C)C2(C)C)[C@@H](NC(=O)OC(C)(C)C)c1ccccc1. The van der Waals surface area contributed by atoms with Gasteiger partial charge in [-0.1, -0.05) is 62.4 Å². The van der Waals surface area contributed by atoms with Gasteiger partial charge in [0.2, 0.25) is 0 Å². The molecule has 2 aromatic carbocycles. The van der Waals surface area contributed by atoms with Crippen LogP contribution in [0.1, 0.15) is 111 Å². The van der Waals surface area contributed by atoms with E-state index in [4.69, 9.17) is 41.4 Å². The third kappa shape index (κ3) is 9.65. The summed E-state index contributed by atoms with van der Waals surface area (Å²) >= 11 is 0. The van der Waals surface area contributed by atoms with Crippen LogP contribution in [0.5, 0.6) is 0 Å². The van der Waals surface area contributed by atoms with E-state index in [0.29, 0.717) is 5.56 Å². The average Bonchev–Trinajstić information content (AvgIpc) is 3.26. The number of rotatable bonds is 16. The van der Waals surface area contributed by atoms with Crippen molar-refractivity contribution >= 4 is 38.8 Å². The number of aliphatic hydroxyl groups excluding tert-OH is 2. The molecule has 0 spiro atoms. The maximum absolute atomic E-state index is 15.3. The Labute approximate surface area is 398 Å². The normalized spacial score (nSPS) is 30.8. The molecule has 4 N–H and O–H groups in total. The van der Waals surface area contributed by atoms with Crippen LogP contribution in [-0.4, -0.2) is 134 Å². The Hall–Kier alpha value is -4.57. The Morgan fingerprint density at radius 2 is 1.47 bits per heavy atom. The van der Waals surface area contributed by atoms with Crippen molar-refractivity contribution in [3.63, 3.8) is 0 Å². The van der Waals surface area contributed by atoms with Gasteiger partial charge in [-0.2, -0.15) is 0 Å². The van der Waals surface area contributed by atoms with E-state index in [2.05, 4.69) is 5.32 Å². The first-order valence-corrected chi connectivity index (χ1v) is 24.7. The summed E-state index contributed by atoms with van der Waals surface area (Å²) in [6.07, 6.45) is -11.5. The van der Waals surface area contributed by atoms with Gasteiger partial charge in [-0.3, -0.25) is 9.59 Å². The van der Waals surface area contributed by atoms with Crippen molar-refractivity contribution in [3.8, 4) is 0 Å². The van der Waals surface area contributed by atoms with Gasteiger partial charge in [0.15, 0.2) is 17.5 Å². The van der Waals surface area contributed by atoms with Crippen molar-refractivity contribution in [1.82, 2.24) is 5.32 Å². The summed E-state index contributed by atoms with van der Waals surface area (Å²) < 4.78 is 55.2. The Kier molecular flexibility index (Phi) is 15.6. The lowest BCUT2D eigenvalue weighted by atomic mass is 9.44. The van der Waals surface area contributed by atoms with E-state index >= 15 is 9.59 Å². The fourth-order valence-corrected chi connectivity index (χ4v) is 12.6. The molecule has 0 radical (unpaired) electrons. The maximum Gasteiger partial charge on any atom is 0.680 e. The molecule has 11 atom stereocenters. The zero-order valence-electron chi connectivity index (χ0n) is 40.7. The molecular weight excluding hydrogens is 903 g/mol. The Balaban J connectivity index is 1.56.